The lowest BCUT2D eigenvalue weighted by molar-refractivity contribution is -0.0447. The Hall–Kier alpha value is -3.29. The molecule has 0 spiro atoms. The van der Waals surface area contributed by atoms with Crippen LogP contribution in [0.1, 0.15) is 11.1 Å². The molecule has 0 aliphatic heterocycles. The zero-order valence-corrected chi connectivity index (χ0v) is 18.1. The van der Waals surface area contributed by atoms with Gasteiger partial charge < -0.3 is 9.30 Å². The van der Waals surface area contributed by atoms with E-state index in [1.165, 1.54) is 0 Å². The molecule has 1 heterocycles. The second-order valence-electron chi connectivity index (χ2n) is 6.98. The number of nitrogens with zero attached hydrogens (tertiary/aromatic N) is 2. The van der Waals surface area contributed by atoms with E-state index in [9.17, 15) is 21.6 Å². The van der Waals surface area contributed by atoms with Crippen molar-refractivity contribution in [2.24, 2.45) is 0 Å². The topological polar surface area (TPSA) is 84.1 Å². The molecule has 1 aromatic heterocycles. The van der Waals surface area contributed by atoms with E-state index in [2.05, 4.69) is 6.07 Å². The zero-order chi connectivity index (χ0) is 23.5. The fraction of sp³-hybridized carbons (Fsp3) is 0.227. The Bertz CT molecular complexity index is 1260. The van der Waals surface area contributed by atoms with Gasteiger partial charge in [-0.15, -0.1) is 0 Å². The van der Waals surface area contributed by atoms with Gasteiger partial charge in [-0.25, -0.2) is 13.1 Å². The lowest BCUT2D eigenvalue weighted by Crippen LogP contribution is -2.38. The summed E-state index contributed by atoms with van der Waals surface area (Å²) in [5.41, 5.74) is -0.965. The summed E-state index contributed by atoms with van der Waals surface area (Å²) in [7, 11) is -3.87. The standard InChI is InChI=1S/C22H20F3N3O3S/c1-15-13-16(14-26)3-8-19(15)21-20(17-4-6-18(31-2)7-5-17)9-11-28(21)12-10-27-32(29,30)22(23,24)25/h3-9,11,13,27H,10,12H2,1-2H3. The molecule has 6 nitrogen and oxygen atoms in total. The number of halogens is 3. The van der Waals surface area contributed by atoms with Crippen LogP contribution in [0.5, 0.6) is 5.75 Å². The highest BCUT2D eigenvalue weighted by atomic mass is 32.2. The molecule has 0 unspecified atom stereocenters. The first kappa shape index (κ1) is 23.4. The fourth-order valence-corrected chi connectivity index (χ4v) is 3.87. The van der Waals surface area contributed by atoms with Gasteiger partial charge in [-0.3, -0.25) is 0 Å². The molecular formula is C22H20F3N3O3S. The minimum Gasteiger partial charge on any atom is -0.497 e. The van der Waals surface area contributed by atoms with Crippen LogP contribution < -0.4 is 9.46 Å². The van der Waals surface area contributed by atoms with Crippen LogP contribution in [-0.2, 0) is 16.6 Å². The minimum absolute atomic E-state index is 0.0275. The third-order valence-corrected chi connectivity index (χ3v) is 6.12. The number of nitriles is 1. The van der Waals surface area contributed by atoms with Gasteiger partial charge in [-0.1, -0.05) is 18.2 Å². The first-order valence-corrected chi connectivity index (χ1v) is 11.0. The molecule has 0 aliphatic carbocycles. The number of benzene rings is 2. The lowest BCUT2D eigenvalue weighted by Gasteiger charge is -2.16. The molecule has 0 radical (unpaired) electrons. The molecule has 3 rings (SSSR count). The average Bonchev–Trinajstić information content (AvgIpc) is 3.16. The summed E-state index contributed by atoms with van der Waals surface area (Å²) in [6, 6.07) is 16.3. The van der Waals surface area contributed by atoms with Crippen molar-refractivity contribution in [3.63, 3.8) is 0 Å². The van der Waals surface area contributed by atoms with E-state index in [1.54, 1.807) is 52.9 Å². The number of hydrogen-bond donors (Lipinski definition) is 1. The molecule has 10 heteroatoms. The second-order valence-corrected chi connectivity index (χ2v) is 8.74. The van der Waals surface area contributed by atoms with Crippen molar-refractivity contribution in [1.82, 2.24) is 9.29 Å². The number of aryl methyl sites for hydroxylation is 1. The van der Waals surface area contributed by atoms with Crippen LogP contribution in [0.15, 0.2) is 54.7 Å². The number of hydrogen-bond acceptors (Lipinski definition) is 4. The molecule has 1 N–H and O–H groups in total. The van der Waals surface area contributed by atoms with Gasteiger partial charge in [0.15, 0.2) is 0 Å². The number of aromatic nitrogens is 1. The Morgan fingerprint density at radius 1 is 1.09 bits per heavy atom. The third kappa shape index (κ3) is 4.79. The predicted octanol–water partition coefficient (Wildman–Crippen LogP) is 4.45. The summed E-state index contributed by atoms with van der Waals surface area (Å²) in [5, 5.41) is 9.15. The molecule has 0 fully saturated rings. The molecule has 2 aromatic carbocycles. The Morgan fingerprint density at radius 2 is 1.78 bits per heavy atom. The number of alkyl halides is 3. The maximum absolute atomic E-state index is 12.6. The van der Waals surface area contributed by atoms with Crippen molar-refractivity contribution in [2.45, 2.75) is 19.0 Å². The maximum atomic E-state index is 12.6. The molecule has 0 saturated heterocycles. The van der Waals surface area contributed by atoms with Crippen molar-refractivity contribution in [1.29, 1.82) is 5.26 Å². The van der Waals surface area contributed by atoms with Crippen molar-refractivity contribution in [2.75, 3.05) is 13.7 Å². The van der Waals surface area contributed by atoms with Crippen LogP contribution in [0.2, 0.25) is 0 Å². The minimum atomic E-state index is -5.43. The van der Waals surface area contributed by atoms with Gasteiger partial charge in [0, 0.05) is 30.4 Å². The summed E-state index contributed by atoms with van der Waals surface area (Å²) < 4.78 is 69.0. The van der Waals surface area contributed by atoms with Crippen LogP contribution in [-0.4, -0.2) is 32.1 Å². The number of rotatable bonds is 7. The number of nitrogens with one attached hydrogen (secondary N) is 1. The van der Waals surface area contributed by atoms with Crippen molar-refractivity contribution in [3.8, 4) is 34.2 Å². The normalized spacial score (nSPS) is 11.9. The Kier molecular flexibility index (Phi) is 6.62. The molecule has 0 bridgehead atoms. The molecule has 0 saturated carbocycles. The highest BCUT2D eigenvalue weighted by Gasteiger charge is 2.45. The number of sulfonamides is 1. The first-order valence-electron chi connectivity index (χ1n) is 9.48. The largest absolute Gasteiger partial charge is 0.511 e. The van der Waals surface area contributed by atoms with Crippen molar-refractivity contribution in [3.05, 3.63) is 65.9 Å². The maximum Gasteiger partial charge on any atom is 0.511 e. The first-order chi connectivity index (χ1) is 15.1. The van der Waals surface area contributed by atoms with Gasteiger partial charge in [-0.05, 0) is 48.4 Å². The summed E-state index contributed by atoms with van der Waals surface area (Å²) in [6.45, 7) is 1.36. The number of ether oxygens (including phenoxy) is 1. The summed E-state index contributed by atoms with van der Waals surface area (Å²) in [4.78, 5) is 0. The van der Waals surface area contributed by atoms with Gasteiger partial charge >= 0.3 is 15.5 Å². The summed E-state index contributed by atoms with van der Waals surface area (Å²) in [6.07, 6.45) is 1.69. The Morgan fingerprint density at radius 3 is 2.34 bits per heavy atom. The van der Waals surface area contributed by atoms with Gasteiger partial charge in [0.05, 0.1) is 24.4 Å². The molecule has 0 amide bonds. The van der Waals surface area contributed by atoms with Crippen molar-refractivity contribution < 1.29 is 26.3 Å². The van der Waals surface area contributed by atoms with E-state index in [-0.39, 0.29) is 6.54 Å². The van der Waals surface area contributed by atoms with Crippen LogP contribution >= 0.6 is 0 Å². The van der Waals surface area contributed by atoms with Crippen LogP contribution in [0.25, 0.3) is 22.4 Å². The molecule has 0 aliphatic rings. The fourth-order valence-electron chi connectivity index (χ4n) is 3.34. The molecule has 3 aromatic rings. The van der Waals surface area contributed by atoms with Gasteiger partial charge in [-0.2, -0.15) is 18.4 Å². The highest BCUT2D eigenvalue weighted by Crippen LogP contribution is 2.36. The second kappa shape index (κ2) is 9.06. The molecule has 32 heavy (non-hydrogen) atoms. The Balaban J connectivity index is 2.02. The van der Waals surface area contributed by atoms with E-state index in [4.69, 9.17) is 10.00 Å². The number of methoxy groups -OCH3 is 1. The smallest absolute Gasteiger partial charge is 0.497 e. The van der Waals surface area contributed by atoms with E-state index in [1.807, 2.05) is 25.1 Å². The van der Waals surface area contributed by atoms with Gasteiger partial charge in [0.25, 0.3) is 0 Å². The van der Waals surface area contributed by atoms with Gasteiger partial charge in [0.1, 0.15) is 5.75 Å². The lowest BCUT2D eigenvalue weighted by atomic mass is 9.97. The molecule has 0 atom stereocenters. The molecule has 168 valence electrons. The SMILES string of the molecule is COc1ccc(-c2ccn(CCNS(=O)(=O)C(F)(F)F)c2-c2ccc(C#N)cc2C)cc1. The van der Waals surface area contributed by atoms with E-state index in [0.717, 1.165) is 22.3 Å². The van der Waals surface area contributed by atoms with E-state index < -0.39 is 22.1 Å². The monoisotopic (exact) mass is 463 g/mol. The van der Waals surface area contributed by atoms with E-state index >= 15 is 0 Å². The zero-order valence-electron chi connectivity index (χ0n) is 17.3. The van der Waals surface area contributed by atoms with Crippen LogP contribution in [0, 0.1) is 18.3 Å². The van der Waals surface area contributed by atoms with Crippen LogP contribution in [0.3, 0.4) is 0 Å². The van der Waals surface area contributed by atoms with Crippen molar-refractivity contribution >= 4 is 10.0 Å². The Labute approximate surface area is 183 Å². The summed E-state index contributed by atoms with van der Waals surface area (Å²) >= 11 is 0. The third-order valence-electron chi connectivity index (χ3n) is 4.92. The molecular weight excluding hydrogens is 443 g/mol. The quantitative estimate of drug-likeness (QED) is 0.561. The predicted molar refractivity (Wildman–Crippen MR) is 114 cm³/mol. The highest BCUT2D eigenvalue weighted by molar-refractivity contribution is 7.90. The van der Waals surface area contributed by atoms with E-state index in [0.29, 0.717) is 17.0 Å². The van der Waals surface area contributed by atoms with Gasteiger partial charge in [0.2, 0.25) is 0 Å². The summed E-state index contributed by atoms with van der Waals surface area (Å²) in [5.74, 6) is 0.672. The average molecular weight is 463 g/mol. The van der Waals surface area contributed by atoms with Crippen LogP contribution in [0.4, 0.5) is 13.2 Å².